The molecule has 0 fully saturated rings. The van der Waals surface area contributed by atoms with Crippen LogP contribution >= 0.6 is 0 Å². The molecule has 0 saturated heterocycles. The van der Waals surface area contributed by atoms with Crippen LogP contribution in [0.2, 0.25) is 0 Å². The first-order chi connectivity index (χ1) is 11.5. The van der Waals surface area contributed by atoms with Crippen molar-refractivity contribution in [3.05, 3.63) is 24.0 Å². The summed E-state index contributed by atoms with van der Waals surface area (Å²) in [7, 11) is 0. The molecule has 4 N–H and O–H groups in total. The monoisotopic (exact) mass is 333 g/mol. The Balaban J connectivity index is 1.89. The van der Waals surface area contributed by atoms with E-state index in [4.69, 9.17) is 10.8 Å². The van der Waals surface area contributed by atoms with Gasteiger partial charge in [-0.05, 0) is 50.3 Å². The Labute approximate surface area is 140 Å². The first-order valence-electron chi connectivity index (χ1n) is 8.41. The second kappa shape index (κ2) is 6.76. The van der Waals surface area contributed by atoms with Crippen LogP contribution in [0.3, 0.4) is 0 Å². The predicted octanol–water partition coefficient (Wildman–Crippen LogP) is 1.36. The molecule has 0 aliphatic carbocycles. The van der Waals surface area contributed by atoms with E-state index in [1.54, 1.807) is 0 Å². The fourth-order valence-corrected chi connectivity index (χ4v) is 3.82. The Hall–Kier alpha value is -2.15. The molecule has 3 rings (SSSR count). The van der Waals surface area contributed by atoms with Gasteiger partial charge in [0.25, 0.3) is 0 Å². The van der Waals surface area contributed by atoms with E-state index >= 15 is 0 Å². The summed E-state index contributed by atoms with van der Waals surface area (Å²) in [6, 6.07) is -1.29. The lowest BCUT2D eigenvalue weighted by Crippen LogP contribution is -2.47. The number of hydrogen-bond acceptors (Lipinski definition) is 5. The molecule has 3 aliphatic rings. The molecule has 7 heteroatoms. The van der Waals surface area contributed by atoms with Crippen LogP contribution in [-0.4, -0.2) is 50.9 Å². The summed E-state index contributed by atoms with van der Waals surface area (Å²) in [6.07, 6.45) is 10.4. The van der Waals surface area contributed by atoms with Gasteiger partial charge in [0.05, 0.1) is 0 Å². The van der Waals surface area contributed by atoms with Crippen molar-refractivity contribution in [2.45, 2.75) is 56.7 Å². The van der Waals surface area contributed by atoms with Crippen LogP contribution in [0, 0.1) is 5.92 Å². The SMILES string of the molecule is N[C@@H](CCC1=CN2C=CCC[C@H]2[C@@H]2CC[C@@H](C(=O)O)N=C12)C(=O)O. The number of rotatable bonds is 5. The Morgan fingerprint density at radius 3 is 2.83 bits per heavy atom. The third kappa shape index (κ3) is 3.21. The van der Waals surface area contributed by atoms with Crippen LogP contribution < -0.4 is 5.73 Å². The van der Waals surface area contributed by atoms with Crippen LogP contribution in [0.25, 0.3) is 0 Å². The van der Waals surface area contributed by atoms with Gasteiger partial charge in [-0.15, -0.1) is 0 Å². The topological polar surface area (TPSA) is 116 Å². The van der Waals surface area contributed by atoms with Crippen LogP contribution in [-0.2, 0) is 9.59 Å². The van der Waals surface area contributed by atoms with Crippen molar-refractivity contribution >= 4 is 17.7 Å². The molecule has 0 aromatic carbocycles. The molecule has 0 saturated carbocycles. The minimum atomic E-state index is -1.02. The summed E-state index contributed by atoms with van der Waals surface area (Å²) in [6.45, 7) is 0. The second-order valence-electron chi connectivity index (χ2n) is 6.67. The number of hydrogen-bond donors (Lipinski definition) is 3. The molecular weight excluding hydrogens is 310 g/mol. The maximum absolute atomic E-state index is 11.3. The lowest BCUT2D eigenvalue weighted by Gasteiger charge is -2.44. The van der Waals surface area contributed by atoms with Gasteiger partial charge in [-0.3, -0.25) is 9.79 Å². The summed E-state index contributed by atoms with van der Waals surface area (Å²) in [5.74, 6) is -1.70. The Morgan fingerprint density at radius 2 is 2.12 bits per heavy atom. The highest BCUT2D eigenvalue weighted by atomic mass is 16.4. The minimum absolute atomic E-state index is 0.214. The Kier molecular flexibility index (Phi) is 4.71. The fraction of sp³-hybridized carbons (Fsp3) is 0.588. The average molecular weight is 333 g/mol. The van der Waals surface area contributed by atoms with Crippen molar-refractivity contribution in [3.63, 3.8) is 0 Å². The fourth-order valence-electron chi connectivity index (χ4n) is 3.82. The van der Waals surface area contributed by atoms with Crippen LogP contribution in [0.4, 0.5) is 0 Å². The molecule has 0 amide bonds. The highest BCUT2D eigenvalue weighted by Crippen LogP contribution is 2.37. The highest BCUT2D eigenvalue weighted by Gasteiger charge is 2.39. The summed E-state index contributed by atoms with van der Waals surface area (Å²) in [5.41, 5.74) is 7.39. The van der Waals surface area contributed by atoms with Gasteiger partial charge >= 0.3 is 11.9 Å². The normalized spacial score (nSPS) is 29.9. The van der Waals surface area contributed by atoms with E-state index in [-0.39, 0.29) is 5.92 Å². The lowest BCUT2D eigenvalue weighted by molar-refractivity contribution is -0.139. The lowest BCUT2D eigenvalue weighted by atomic mass is 9.76. The molecule has 7 nitrogen and oxygen atoms in total. The number of fused-ring (bicyclic) bond motifs is 3. The summed E-state index contributed by atoms with van der Waals surface area (Å²) < 4.78 is 0. The smallest absolute Gasteiger partial charge is 0.328 e. The van der Waals surface area contributed by atoms with Gasteiger partial charge in [0.2, 0.25) is 0 Å². The zero-order chi connectivity index (χ0) is 17.3. The molecule has 0 spiro atoms. The van der Waals surface area contributed by atoms with Crippen molar-refractivity contribution in [2.75, 3.05) is 0 Å². The largest absolute Gasteiger partial charge is 0.480 e. The van der Waals surface area contributed by atoms with Gasteiger partial charge < -0.3 is 20.8 Å². The van der Waals surface area contributed by atoms with E-state index in [9.17, 15) is 14.7 Å². The van der Waals surface area contributed by atoms with Crippen LogP contribution in [0.15, 0.2) is 29.0 Å². The molecule has 0 bridgehead atoms. The molecule has 0 aromatic rings. The average Bonchev–Trinajstić information content (AvgIpc) is 2.58. The first kappa shape index (κ1) is 16.7. The van der Waals surface area contributed by atoms with Crippen LogP contribution in [0.5, 0.6) is 0 Å². The second-order valence-corrected chi connectivity index (χ2v) is 6.67. The number of aliphatic imine (C=N–C) groups is 1. The molecule has 3 aliphatic heterocycles. The van der Waals surface area contributed by atoms with Gasteiger partial charge in [-0.2, -0.15) is 0 Å². The number of carboxylic acid groups (broad SMARTS) is 2. The van der Waals surface area contributed by atoms with Crippen molar-refractivity contribution in [2.24, 2.45) is 16.6 Å². The molecule has 130 valence electrons. The predicted molar refractivity (Wildman–Crippen MR) is 88.5 cm³/mol. The van der Waals surface area contributed by atoms with Crippen molar-refractivity contribution in [1.82, 2.24) is 4.90 Å². The molecule has 4 atom stereocenters. The first-order valence-corrected chi connectivity index (χ1v) is 8.41. The zero-order valence-corrected chi connectivity index (χ0v) is 13.5. The van der Waals surface area contributed by atoms with Crippen molar-refractivity contribution < 1.29 is 19.8 Å². The van der Waals surface area contributed by atoms with Gasteiger partial charge in [-0.25, -0.2) is 4.79 Å². The van der Waals surface area contributed by atoms with E-state index in [1.807, 2.05) is 6.20 Å². The Morgan fingerprint density at radius 1 is 1.33 bits per heavy atom. The number of carboxylic acids is 2. The number of nitrogens with zero attached hydrogens (tertiary/aromatic N) is 2. The molecule has 3 heterocycles. The number of aliphatic carboxylic acids is 2. The van der Waals surface area contributed by atoms with E-state index < -0.39 is 24.0 Å². The Bertz CT molecular complexity index is 625. The van der Waals surface area contributed by atoms with E-state index in [0.29, 0.717) is 25.3 Å². The van der Waals surface area contributed by atoms with Gasteiger partial charge in [0.1, 0.15) is 12.1 Å². The van der Waals surface area contributed by atoms with Gasteiger partial charge in [-0.1, -0.05) is 6.08 Å². The molecule has 24 heavy (non-hydrogen) atoms. The van der Waals surface area contributed by atoms with Gasteiger partial charge in [0.15, 0.2) is 0 Å². The molecule has 0 aromatic heterocycles. The molecular formula is C17H23N3O4. The van der Waals surface area contributed by atoms with E-state index in [2.05, 4.69) is 22.2 Å². The highest BCUT2D eigenvalue weighted by molar-refractivity contribution is 6.04. The van der Waals surface area contributed by atoms with Crippen LogP contribution in [0.1, 0.15) is 38.5 Å². The third-order valence-corrected chi connectivity index (χ3v) is 5.11. The van der Waals surface area contributed by atoms with Crippen molar-refractivity contribution in [3.8, 4) is 0 Å². The summed E-state index contributed by atoms with van der Waals surface area (Å²) in [5, 5.41) is 18.3. The standard InChI is InChI=1S/C17H23N3O4/c18-12(16(21)22)6-4-10-9-20-8-2-1-3-14(20)11-5-7-13(17(23)24)19-15(10)11/h2,8-9,11-14H,1,3-7,18H2,(H,21,22)(H,23,24)/t11-,12-,13-,14-/m0/s1. The molecule has 0 unspecified atom stereocenters. The quantitative estimate of drug-likeness (QED) is 0.699. The van der Waals surface area contributed by atoms with E-state index in [1.165, 1.54) is 0 Å². The number of carbonyl (C=O) groups is 2. The van der Waals surface area contributed by atoms with Crippen molar-refractivity contribution in [1.29, 1.82) is 0 Å². The molecule has 0 radical (unpaired) electrons. The number of nitrogens with two attached hydrogens (primary N) is 1. The third-order valence-electron chi connectivity index (χ3n) is 5.11. The summed E-state index contributed by atoms with van der Waals surface area (Å²) >= 11 is 0. The summed E-state index contributed by atoms with van der Waals surface area (Å²) in [4.78, 5) is 29.0. The van der Waals surface area contributed by atoms with E-state index in [0.717, 1.165) is 30.5 Å². The zero-order valence-electron chi connectivity index (χ0n) is 13.5. The maximum atomic E-state index is 11.3. The number of allylic oxidation sites excluding steroid dienone is 2. The maximum Gasteiger partial charge on any atom is 0.328 e. The van der Waals surface area contributed by atoms with Gasteiger partial charge in [0, 0.05) is 23.9 Å². The minimum Gasteiger partial charge on any atom is -0.480 e.